The minimum Gasteiger partial charge on any atom is -0.383 e. The Balaban J connectivity index is 2.30. The molecule has 0 radical (unpaired) electrons. The summed E-state index contributed by atoms with van der Waals surface area (Å²) in [6.45, 7) is 3.38. The van der Waals surface area contributed by atoms with E-state index in [-0.39, 0.29) is 0 Å². The molecule has 0 heterocycles. The van der Waals surface area contributed by atoms with E-state index in [0.717, 1.165) is 16.8 Å². The second kappa shape index (κ2) is 6.74. The van der Waals surface area contributed by atoms with E-state index in [1.807, 2.05) is 30.3 Å². The summed E-state index contributed by atoms with van der Waals surface area (Å²) in [6, 6.07) is 16.4. The van der Waals surface area contributed by atoms with Crippen LogP contribution in [0.4, 0.5) is 5.69 Å². The Kier molecular flexibility index (Phi) is 4.75. The van der Waals surface area contributed by atoms with Crippen LogP contribution in [0, 0.1) is 18.3 Å². The highest BCUT2D eigenvalue weighted by atomic mass is 16.5. The maximum Gasteiger partial charge on any atom is 0.101 e. The largest absolute Gasteiger partial charge is 0.383 e. The normalized spacial score (nSPS) is 10.1. The third kappa shape index (κ3) is 3.17. The minimum atomic E-state index is 0.615. The van der Waals surface area contributed by atoms with Gasteiger partial charge >= 0.3 is 0 Å². The molecule has 0 saturated carbocycles. The van der Waals surface area contributed by atoms with Crippen molar-refractivity contribution in [3.05, 3.63) is 53.6 Å². The van der Waals surface area contributed by atoms with E-state index in [4.69, 9.17) is 4.74 Å². The van der Waals surface area contributed by atoms with Crippen LogP contribution in [0.25, 0.3) is 11.1 Å². The Labute approximate surface area is 119 Å². The second-order valence-electron chi connectivity index (χ2n) is 4.61. The highest BCUT2D eigenvalue weighted by Crippen LogP contribution is 2.27. The van der Waals surface area contributed by atoms with Crippen molar-refractivity contribution in [3.63, 3.8) is 0 Å². The van der Waals surface area contributed by atoms with Crippen molar-refractivity contribution in [3.8, 4) is 17.2 Å². The molecule has 0 saturated heterocycles. The monoisotopic (exact) mass is 266 g/mol. The van der Waals surface area contributed by atoms with Gasteiger partial charge in [-0.1, -0.05) is 30.3 Å². The first-order chi connectivity index (χ1) is 9.76. The summed E-state index contributed by atoms with van der Waals surface area (Å²) in [5, 5.41) is 12.5. The first-order valence-corrected chi connectivity index (χ1v) is 6.59. The Morgan fingerprint density at radius 1 is 1.20 bits per heavy atom. The number of anilines is 1. The zero-order valence-corrected chi connectivity index (χ0v) is 11.8. The van der Waals surface area contributed by atoms with Gasteiger partial charge in [-0.15, -0.1) is 0 Å². The van der Waals surface area contributed by atoms with Gasteiger partial charge in [-0.25, -0.2) is 0 Å². The van der Waals surface area contributed by atoms with E-state index in [9.17, 15) is 5.26 Å². The highest BCUT2D eigenvalue weighted by molar-refractivity contribution is 5.73. The molecular weight excluding hydrogens is 248 g/mol. The predicted molar refractivity (Wildman–Crippen MR) is 81.7 cm³/mol. The van der Waals surface area contributed by atoms with Crippen LogP contribution in [0.5, 0.6) is 0 Å². The zero-order chi connectivity index (χ0) is 14.4. The zero-order valence-electron chi connectivity index (χ0n) is 11.8. The number of benzene rings is 2. The Hall–Kier alpha value is -2.31. The molecule has 2 aromatic rings. The fraction of sp³-hybridized carbons (Fsp3) is 0.235. The number of hydrogen-bond acceptors (Lipinski definition) is 3. The standard InChI is InChI=1S/C17H18N2O/c1-13-5-3-4-6-16(13)14-7-8-17(15(11-14)12-18)19-9-10-20-2/h3-8,11,19H,9-10H2,1-2H3. The molecule has 0 unspecified atom stereocenters. The SMILES string of the molecule is COCCNc1ccc(-c2ccccc2C)cc1C#N. The van der Waals surface area contributed by atoms with Gasteiger partial charge in [-0.2, -0.15) is 5.26 Å². The van der Waals surface area contributed by atoms with Gasteiger partial charge in [0.05, 0.1) is 17.9 Å². The molecule has 0 bridgehead atoms. The smallest absolute Gasteiger partial charge is 0.101 e. The topological polar surface area (TPSA) is 45.0 Å². The number of ether oxygens (including phenoxy) is 1. The van der Waals surface area contributed by atoms with Crippen LogP contribution >= 0.6 is 0 Å². The molecule has 0 fully saturated rings. The molecule has 0 aromatic heterocycles. The van der Waals surface area contributed by atoms with Gasteiger partial charge in [0.1, 0.15) is 6.07 Å². The number of nitrogens with zero attached hydrogens (tertiary/aromatic N) is 1. The summed E-state index contributed by atoms with van der Waals surface area (Å²) in [5.41, 5.74) is 4.93. The summed E-state index contributed by atoms with van der Waals surface area (Å²) in [5.74, 6) is 0. The Bertz CT molecular complexity index is 629. The molecule has 0 aliphatic carbocycles. The van der Waals surface area contributed by atoms with Gasteiger partial charge < -0.3 is 10.1 Å². The number of aryl methyl sites for hydroxylation is 1. The quantitative estimate of drug-likeness (QED) is 0.841. The molecule has 3 nitrogen and oxygen atoms in total. The van der Waals surface area contributed by atoms with Crippen molar-refractivity contribution in [1.29, 1.82) is 5.26 Å². The van der Waals surface area contributed by atoms with Crippen LogP contribution in [0.2, 0.25) is 0 Å². The molecule has 0 atom stereocenters. The number of nitriles is 1. The van der Waals surface area contributed by atoms with E-state index < -0.39 is 0 Å². The van der Waals surface area contributed by atoms with Gasteiger partial charge in [0.15, 0.2) is 0 Å². The van der Waals surface area contributed by atoms with E-state index in [0.29, 0.717) is 18.7 Å². The van der Waals surface area contributed by atoms with E-state index in [1.165, 1.54) is 5.56 Å². The van der Waals surface area contributed by atoms with Gasteiger partial charge in [0.25, 0.3) is 0 Å². The van der Waals surface area contributed by atoms with Gasteiger partial charge in [-0.05, 0) is 35.7 Å². The molecule has 0 aliphatic heterocycles. The van der Waals surface area contributed by atoms with E-state index in [1.54, 1.807) is 7.11 Å². The summed E-state index contributed by atoms with van der Waals surface area (Å²) in [4.78, 5) is 0. The lowest BCUT2D eigenvalue weighted by atomic mass is 9.98. The molecule has 2 aromatic carbocycles. The second-order valence-corrected chi connectivity index (χ2v) is 4.61. The maximum atomic E-state index is 9.29. The summed E-state index contributed by atoms with van der Waals surface area (Å²) < 4.78 is 5.00. The first-order valence-electron chi connectivity index (χ1n) is 6.59. The first kappa shape index (κ1) is 14.1. The van der Waals surface area contributed by atoms with Crippen molar-refractivity contribution >= 4 is 5.69 Å². The van der Waals surface area contributed by atoms with Crippen LogP contribution in [0.15, 0.2) is 42.5 Å². The fourth-order valence-electron chi connectivity index (χ4n) is 2.14. The molecular formula is C17H18N2O. The van der Waals surface area contributed by atoms with Gasteiger partial charge in [0, 0.05) is 13.7 Å². The molecule has 102 valence electrons. The Morgan fingerprint density at radius 2 is 2.00 bits per heavy atom. The molecule has 0 aliphatic rings. The number of rotatable bonds is 5. The number of hydrogen-bond donors (Lipinski definition) is 1. The molecule has 1 N–H and O–H groups in total. The van der Waals surface area contributed by atoms with Crippen molar-refractivity contribution in [1.82, 2.24) is 0 Å². The minimum absolute atomic E-state index is 0.615. The van der Waals surface area contributed by atoms with Crippen LogP contribution < -0.4 is 5.32 Å². The van der Waals surface area contributed by atoms with Crippen molar-refractivity contribution in [2.75, 3.05) is 25.6 Å². The van der Waals surface area contributed by atoms with Crippen molar-refractivity contribution in [2.24, 2.45) is 0 Å². The van der Waals surface area contributed by atoms with Gasteiger partial charge in [-0.3, -0.25) is 0 Å². The van der Waals surface area contributed by atoms with Crippen LogP contribution in [-0.2, 0) is 4.74 Å². The third-order valence-corrected chi connectivity index (χ3v) is 3.22. The molecule has 20 heavy (non-hydrogen) atoms. The lowest BCUT2D eigenvalue weighted by molar-refractivity contribution is 0.211. The summed E-state index contributed by atoms with van der Waals surface area (Å²) in [7, 11) is 1.66. The average molecular weight is 266 g/mol. The third-order valence-electron chi connectivity index (χ3n) is 3.22. The van der Waals surface area contributed by atoms with Crippen molar-refractivity contribution in [2.45, 2.75) is 6.92 Å². The lowest BCUT2D eigenvalue weighted by Gasteiger charge is -2.11. The van der Waals surface area contributed by atoms with E-state index >= 15 is 0 Å². The van der Waals surface area contributed by atoms with Gasteiger partial charge in [0.2, 0.25) is 0 Å². The molecule has 3 heteroatoms. The van der Waals surface area contributed by atoms with Crippen LogP contribution in [0.1, 0.15) is 11.1 Å². The number of methoxy groups -OCH3 is 1. The number of nitrogens with one attached hydrogen (secondary N) is 1. The molecule has 2 rings (SSSR count). The van der Waals surface area contributed by atoms with Crippen molar-refractivity contribution < 1.29 is 4.74 Å². The summed E-state index contributed by atoms with van der Waals surface area (Å²) in [6.07, 6.45) is 0. The average Bonchev–Trinajstić information content (AvgIpc) is 2.48. The summed E-state index contributed by atoms with van der Waals surface area (Å²) >= 11 is 0. The van der Waals surface area contributed by atoms with Crippen LogP contribution in [0.3, 0.4) is 0 Å². The lowest BCUT2D eigenvalue weighted by Crippen LogP contribution is -2.08. The molecule has 0 amide bonds. The maximum absolute atomic E-state index is 9.29. The predicted octanol–water partition coefficient (Wildman–Crippen LogP) is 3.59. The molecule has 0 spiro atoms. The fourth-order valence-corrected chi connectivity index (χ4v) is 2.14. The highest BCUT2D eigenvalue weighted by Gasteiger charge is 2.06. The Morgan fingerprint density at radius 3 is 2.70 bits per heavy atom. The van der Waals surface area contributed by atoms with Crippen LogP contribution in [-0.4, -0.2) is 20.3 Å². The van der Waals surface area contributed by atoms with E-state index in [2.05, 4.69) is 30.4 Å².